The number of hydrogen-bond acceptors (Lipinski definition) is 6. The van der Waals surface area contributed by atoms with Crippen LogP contribution in [0.2, 0.25) is 0 Å². The Hall–Kier alpha value is -3.32. The molecule has 0 saturated heterocycles. The van der Waals surface area contributed by atoms with E-state index in [1.165, 1.54) is 5.56 Å². The van der Waals surface area contributed by atoms with Gasteiger partial charge in [0.1, 0.15) is 11.5 Å². The van der Waals surface area contributed by atoms with Crippen LogP contribution in [0.1, 0.15) is 12.5 Å². The van der Waals surface area contributed by atoms with Crippen LogP contribution in [0.4, 0.5) is 0 Å². The summed E-state index contributed by atoms with van der Waals surface area (Å²) in [6.07, 6.45) is 3.57. The minimum atomic E-state index is 0.569. The maximum absolute atomic E-state index is 5.87. The topological polar surface area (TPSA) is 62.1 Å². The van der Waals surface area contributed by atoms with Crippen molar-refractivity contribution in [2.75, 3.05) is 19.0 Å². The normalized spacial score (nSPS) is 10.7. The van der Waals surface area contributed by atoms with Gasteiger partial charge in [-0.2, -0.15) is 0 Å². The molecule has 0 amide bonds. The molecule has 0 fully saturated rings. The van der Waals surface area contributed by atoms with E-state index in [1.807, 2.05) is 67.7 Å². The lowest BCUT2D eigenvalue weighted by atomic mass is 10.2. The van der Waals surface area contributed by atoms with E-state index in [1.54, 1.807) is 18.0 Å². The second-order valence-corrected chi connectivity index (χ2v) is 7.78. The van der Waals surface area contributed by atoms with Crippen molar-refractivity contribution in [3.05, 3.63) is 84.7 Å². The van der Waals surface area contributed by atoms with Crippen molar-refractivity contribution >= 4 is 11.8 Å². The van der Waals surface area contributed by atoms with Gasteiger partial charge in [-0.25, -0.2) is 0 Å². The minimum Gasteiger partial charge on any atom is -0.494 e. The van der Waals surface area contributed by atoms with E-state index < -0.39 is 0 Å². The van der Waals surface area contributed by atoms with E-state index in [9.17, 15) is 0 Å². The van der Waals surface area contributed by atoms with Gasteiger partial charge in [0.15, 0.2) is 11.0 Å². The first-order valence-corrected chi connectivity index (χ1v) is 11.2. The SMILES string of the molecule is CCOc1ccc(OCCSc2nnc(-c3cccnc3)n2Cc2ccccc2)cc1. The van der Waals surface area contributed by atoms with E-state index in [0.717, 1.165) is 33.8 Å². The average Bonchev–Trinajstić information content (AvgIpc) is 3.21. The van der Waals surface area contributed by atoms with Crippen LogP contribution in [0, 0.1) is 0 Å². The lowest BCUT2D eigenvalue weighted by Gasteiger charge is -2.11. The minimum absolute atomic E-state index is 0.569. The monoisotopic (exact) mass is 432 g/mol. The van der Waals surface area contributed by atoms with Gasteiger partial charge in [0, 0.05) is 23.7 Å². The number of rotatable bonds is 10. The summed E-state index contributed by atoms with van der Waals surface area (Å²) < 4.78 is 13.5. The molecule has 158 valence electrons. The van der Waals surface area contributed by atoms with Crippen LogP contribution in [0.15, 0.2) is 84.3 Å². The predicted molar refractivity (Wildman–Crippen MR) is 123 cm³/mol. The van der Waals surface area contributed by atoms with E-state index in [-0.39, 0.29) is 0 Å². The first-order chi connectivity index (χ1) is 15.3. The Labute approximate surface area is 186 Å². The number of benzene rings is 2. The molecule has 0 spiro atoms. The van der Waals surface area contributed by atoms with E-state index in [4.69, 9.17) is 9.47 Å². The Bertz CT molecular complexity index is 1070. The molecule has 2 heterocycles. The van der Waals surface area contributed by atoms with Crippen molar-refractivity contribution in [1.82, 2.24) is 19.7 Å². The van der Waals surface area contributed by atoms with E-state index in [0.29, 0.717) is 19.8 Å². The summed E-state index contributed by atoms with van der Waals surface area (Å²) >= 11 is 1.63. The molecule has 31 heavy (non-hydrogen) atoms. The average molecular weight is 433 g/mol. The zero-order valence-electron chi connectivity index (χ0n) is 17.3. The standard InChI is InChI=1S/C24H24N4O2S/c1-2-29-21-10-12-22(13-11-21)30-15-16-31-24-27-26-23(20-9-6-14-25-17-20)28(24)18-19-7-4-3-5-8-19/h3-14,17H,2,15-16,18H2,1H3. The van der Waals surface area contributed by atoms with Crippen LogP contribution >= 0.6 is 11.8 Å². The van der Waals surface area contributed by atoms with Gasteiger partial charge in [-0.15, -0.1) is 10.2 Å². The third-order valence-electron chi connectivity index (χ3n) is 4.54. The molecule has 0 saturated carbocycles. The predicted octanol–water partition coefficient (Wildman–Crippen LogP) is 4.96. The van der Waals surface area contributed by atoms with Crippen LogP contribution < -0.4 is 9.47 Å². The maximum Gasteiger partial charge on any atom is 0.191 e. The zero-order chi connectivity index (χ0) is 21.3. The Kier molecular flexibility index (Phi) is 7.18. The number of pyridine rings is 1. The molecule has 0 aliphatic carbocycles. The Morgan fingerprint density at radius 2 is 1.65 bits per heavy atom. The van der Waals surface area contributed by atoms with Gasteiger partial charge in [-0.05, 0) is 48.9 Å². The number of ether oxygens (including phenoxy) is 2. The molecular formula is C24H24N4O2S. The first kappa shape index (κ1) is 20.9. The molecule has 0 aliphatic rings. The van der Waals surface area contributed by atoms with Gasteiger partial charge in [-0.3, -0.25) is 9.55 Å². The Morgan fingerprint density at radius 3 is 2.35 bits per heavy atom. The molecule has 0 radical (unpaired) electrons. The van der Waals surface area contributed by atoms with Crippen LogP contribution in [0.5, 0.6) is 11.5 Å². The zero-order valence-corrected chi connectivity index (χ0v) is 18.2. The fraction of sp³-hybridized carbons (Fsp3) is 0.208. The molecule has 2 aromatic heterocycles. The van der Waals surface area contributed by atoms with Crippen molar-refractivity contribution in [1.29, 1.82) is 0 Å². The van der Waals surface area contributed by atoms with Crippen molar-refractivity contribution in [2.24, 2.45) is 0 Å². The van der Waals surface area contributed by atoms with Crippen molar-refractivity contribution < 1.29 is 9.47 Å². The third kappa shape index (κ3) is 5.64. The molecular weight excluding hydrogens is 408 g/mol. The molecule has 7 heteroatoms. The highest BCUT2D eigenvalue weighted by molar-refractivity contribution is 7.99. The fourth-order valence-corrected chi connectivity index (χ4v) is 3.86. The van der Waals surface area contributed by atoms with Gasteiger partial charge >= 0.3 is 0 Å². The quantitative estimate of drug-likeness (QED) is 0.261. The van der Waals surface area contributed by atoms with Crippen LogP contribution in [0.25, 0.3) is 11.4 Å². The molecule has 0 aliphatic heterocycles. The number of nitrogens with zero attached hydrogens (tertiary/aromatic N) is 4. The molecule has 0 bridgehead atoms. The highest BCUT2D eigenvalue weighted by Crippen LogP contribution is 2.25. The van der Waals surface area contributed by atoms with Gasteiger partial charge in [0.2, 0.25) is 0 Å². The van der Waals surface area contributed by atoms with Crippen LogP contribution in [-0.2, 0) is 6.54 Å². The molecule has 6 nitrogen and oxygen atoms in total. The van der Waals surface area contributed by atoms with Gasteiger partial charge < -0.3 is 9.47 Å². The molecule has 0 atom stereocenters. The highest BCUT2D eigenvalue weighted by Gasteiger charge is 2.15. The van der Waals surface area contributed by atoms with Crippen molar-refractivity contribution in [2.45, 2.75) is 18.6 Å². The summed E-state index contributed by atoms with van der Waals surface area (Å²) in [5, 5.41) is 9.74. The summed E-state index contributed by atoms with van der Waals surface area (Å²) in [4.78, 5) is 4.23. The maximum atomic E-state index is 5.87. The van der Waals surface area contributed by atoms with E-state index in [2.05, 4.69) is 31.9 Å². The number of thioether (sulfide) groups is 1. The molecule has 4 rings (SSSR count). The smallest absolute Gasteiger partial charge is 0.191 e. The fourth-order valence-electron chi connectivity index (χ4n) is 3.10. The summed E-state index contributed by atoms with van der Waals surface area (Å²) in [6, 6.07) is 21.9. The molecule has 2 aromatic carbocycles. The number of aromatic nitrogens is 4. The molecule has 0 unspecified atom stereocenters. The second-order valence-electron chi connectivity index (χ2n) is 6.72. The highest BCUT2D eigenvalue weighted by atomic mass is 32.2. The second kappa shape index (κ2) is 10.6. The van der Waals surface area contributed by atoms with Gasteiger partial charge in [-0.1, -0.05) is 42.1 Å². The van der Waals surface area contributed by atoms with Crippen molar-refractivity contribution in [3.8, 4) is 22.9 Å². The van der Waals surface area contributed by atoms with Gasteiger partial charge in [0.25, 0.3) is 0 Å². The lowest BCUT2D eigenvalue weighted by molar-refractivity contribution is 0.332. The summed E-state index contributed by atoms with van der Waals surface area (Å²) in [5.74, 6) is 3.24. The number of hydrogen-bond donors (Lipinski definition) is 0. The van der Waals surface area contributed by atoms with Crippen LogP contribution in [0.3, 0.4) is 0 Å². The largest absolute Gasteiger partial charge is 0.494 e. The summed E-state index contributed by atoms with van der Waals surface area (Å²) in [6.45, 7) is 3.89. The first-order valence-electron chi connectivity index (χ1n) is 10.2. The van der Waals surface area contributed by atoms with E-state index >= 15 is 0 Å². The van der Waals surface area contributed by atoms with Crippen LogP contribution in [-0.4, -0.2) is 38.7 Å². The third-order valence-corrected chi connectivity index (χ3v) is 5.47. The summed E-state index contributed by atoms with van der Waals surface area (Å²) in [5.41, 5.74) is 2.14. The molecule has 4 aromatic rings. The lowest BCUT2D eigenvalue weighted by Crippen LogP contribution is -2.06. The Morgan fingerprint density at radius 1 is 0.871 bits per heavy atom. The summed E-state index contributed by atoms with van der Waals surface area (Å²) in [7, 11) is 0. The van der Waals surface area contributed by atoms with Crippen molar-refractivity contribution in [3.63, 3.8) is 0 Å². The molecule has 0 N–H and O–H groups in total. The Balaban J connectivity index is 1.43. The van der Waals surface area contributed by atoms with Gasteiger partial charge in [0.05, 0.1) is 19.8 Å².